The molecule has 0 radical (unpaired) electrons. The van der Waals surface area contributed by atoms with Crippen molar-refractivity contribution in [1.82, 2.24) is 5.32 Å². The van der Waals surface area contributed by atoms with Gasteiger partial charge in [-0.1, -0.05) is 36.6 Å². The molecule has 0 spiro atoms. The number of rotatable bonds is 3. The van der Waals surface area contributed by atoms with E-state index >= 15 is 0 Å². The maximum Gasteiger partial charge on any atom is 0.138 e. The standard InChI is InChI=1S/C12H16ClNO/c13-11-7-3-4-9(12(11)15)8-14-10-5-1-2-6-10/h3-4,7,10,14-15H,1-2,5-6,8H2. The first kappa shape index (κ1) is 10.8. The van der Waals surface area contributed by atoms with E-state index < -0.39 is 0 Å². The van der Waals surface area contributed by atoms with Gasteiger partial charge in [0.25, 0.3) is 0 Å². The van der Waals surface area contributed by atoms with Crippen molar-refractivity contribution in [2.24, 2.45) is 0 Å². The van der Waals surface area contributed by atoms with Gasteiger partial charge in [0.1, 0.15) is 5.75 Å². The zero-order valence-electron chi connectivity index (χ0n) is 8.67. The molecule has 0 heterocycles. The Hall–Kier alpha value is -0.730. The fraction of sp³-hybridized carbons (Fsp3) is 0.500. The molecule has 82 valence electrons. The minimum Gasteiger partial charge on any atom is -0.506 e. The van der Waals surface area contributed by atoms with Crippen LogP contribution in [0.1, 0.15) is 31.2 Å². The van der Waals surface area contributed by atoms with Crippen molar-refractivity contribution in [1.29, 1.82) is 0 Å². The van der Waals surface area contributed by atoms with Crippen LogP contribution in [0.2, 0.25) is 5.02 Å². The number of phenols is 1. The molecule has 1 aliphatic rings. The van der Waals surface area contributed by atoms with Gasteiger partial charge in [-0.3, -0.25) is 0 Å². The van der Waals surface area contributed by atoms with E-state index in [0.29, 0.717) is 17.6 Å². The van der Waals surface area contributed by atoms with E-state index in [9.17, 15) is 5.11 Å². The van der Waals surface area contributed by atoms with Gasteiger partial charge in [0.15, 0.2) is 0 Å². The topological polar surface area (TPSA) is 32.3 Å². The first-order valence-electron chi connectivity index (χ1n) is 5.47. The summed E-state index contributed by atoms with van der Waals surface area (Å²) in [5, 5.41) is 13.6. The highest BCUT2D eigenvalue weighted by atomic mass is 35.5. The second-order valence-corrected chi connectivity index (χ2v) is 4.52. The molecule has 0 atom stereocenters. The predicted octanol–water partition coefficient (Wildman–Crippen LogP) is 3.08. The Morgan fingerprint density at radius 1 is 1.33 bits per heavy atom. The second-order valence-electron chi connectivity index (χ2n) is 4.11. The van der Waals surface area contributed by atoms with Crippen molar-refractivity contribution in [3.05, 3.63) is 28.8 Å². The molecule has 15 heavy (non-hydrogen) atoms. The zero-order valence-corrected chi connectivity index (χ0v) is 9.43. The summed E-state index contributed by atoms with van der Waals surface area (Å²) in [6.45, 7) is 0.705. The quantitative estimate of drug-likeness (QED) is 0.829. The van der Waals surface area contributed by atoms with Crippen LogP contribution < -0.4 is 5.32 Å². The zero-order chi connectivity index (χ0) is 10.7. The minimum atomic E-state index is 0.213. The summed E-state index contributed by atoms with van der Waals surface area (Å²) >= 11 is 5.83. The monoisotopic (exact) mass is 225 g/mol. The van der Waals surface area contributed by atoms with Gasteiger partial charge in [0.05, 0.1) is 5.02 Å². The van der Waals surface area contributed by atoms with Gasteiger partial charge in [0, 0.05) is 18.2 Å². The van der Waals surface area contributed by atoms with Gasteiger partial charge in [-0.25, -0.2) is 0 Å². The fourth-order valence-electron chi connectivity index (χ4n) is 2.09. The Labute approximate surface area is 95.3 Å². The second kappa shape index (κ2) is 4.86. The van der Waals surface area contributed by atoms with Crippen LogP contribution in [0.4, 0.5) is 0 Å². The largest absolute Gasteiger partial charge is 0.506 e. The lowest BCUT2D eigenvalue weighted by molar-refractivity contribution is 0.456. The molecule has 1 aliphatic carbocycles. The number of aromatic hydroxyl groups is 1. The summed E-state index contributed by atoms with van der Waals surface area (Å²) in [7, 11) is 0. The predicted molar refractivity (Wildman–Crippen MR) is 62.2 cm³/mol. The molecular weight excluding hydrogens is 210 g/mol. The molecule has 0 amide bonds. The third-order valence-corrected chi connectivity index (χ3v) is 3.31. The Kier molecular flexibility index (Phi) is 3.49. The van der Waals surface area contributed by atoms with E-state index in [1.807, 2.05) is 12.1 Å². The van der Waals surface area contributed by atoms with E-state index in [0.717, 1.165) is 5.56 Å². The summed E-state index contributed by atoms with van der Waals surface area (Å²) in [6.07, 6.45) is 5.14. The van der Waals surface area contributed by atoms with Crippen LogP contribution in [0, 0.1) is 0 Å². The van der Waals surface area contributed by atoms with Crippen LogP contribution in [-0.4, -0.2) is 11.1 Å². The van der Waals surface area contributed by atoms with Gasteiger partial charge in [0.2, 0.25) is 0 Å². The molecule has 0 unspecified atom stereocenters. The number of para-hydroxylation sites is 1. The van der Waals surface area contributed by atoms with Crippen LogP contribution in [0.5, 0.6) is 5.75 Å². The van der Waals surface area contributed by atoms with Crippen molar-refractivity contribution in [3.63, 3.8) is 0 Å². The molecule has 0 saturated heterocycles. The number of nitrogens with one attached hydrogen (secondary N) is 1. The molecule has 2 N–H and O–H groups in total. The van der Waals surface area contributed by atoms with E-state index in [1.54, 1.807) is 6.07 Å². The Bertz CT molecular complexity index is 334. The fourth-order valence-corrected chi connectivity index (χ4v) is 2.28. The average Bonchev–Trinajstić information content (AvgIpc) is 2.73. The molecule has 3 heteroatoms. The van der Waals surface area contributed by atoms with Crippen LogP contribution in [-0.2, 0) is 6.54 Å². The normalized spacial score (nSPS) is 17.1. The van der Waals surface area contributed by atoms with Crippen LogP contribution >= 0.6 is 11.6 Å². The number of hydrogen-bond donors (Lipinski definition) is 2. The molecule has 1 aromatic rings. The Balaban J connectivity index is 1.95. The van der Waals surface area contributed by atoms with Crippen LogP contribution in [0.25, 0.3) is 0 Å². The highest BCUT2D eigenvalue weighted by Crippen LogP contribution is 2.27. The van der Waals surface area contributed by atoms with E-state index in [4.69, 9.17) is 11.6 Å². The maximum atomic E-state index is 9.70. The SMILES string of the molecule is Oc1c(Cl)cccc1CNC1CCCC1. The molecule has 0 bridgehead atoms. The molecule has 0 aliphatic heterocycles. The molecule has 0 aromatic heterocycles. The third-order valence-electron chi connectivity index (χ3n) is 3.01. The number of halogens is 1. The molecule has 2 nitrogen and oxygen atoms in total. The van der Waals surface area contributed by atoms with Gasteiger partial charge in [-0.2, -0.15) is 0 Å². The molecule has 1 saturated carbocycles. The molecule has 1 aromatic carbocycles. The summed E-state index contributed by atoms with van der Waals surface area (Å²) in [5.41, 5.74) is 0.884. The van der Waals surface area contributed by atoms with Gasteiger partial charge >= 0.3 is 0 Å². The Morgan fingerprint density at radius 2 is 2.07 bits per heavy atom. The van der Waals surface area contributed by atoms with E-state index in [2.05, 4.69) is 5.32 Å². The van der Waals surface area contributed by atoms with E-state index in [1.165, 1.54) is 25.7 Å². The highest BCUT2D eigenvalue weighted by molar-refractivity contribution is 6.32. The van der Waals surface area contributed by atoms with Crippen molar-refractivity contribution in [3.8, 4) is 5.75 Å². The maximum absolute atomic E-state index is 9.70. The molecule has 1 fully saturated rings. The Morgan fingerprint density at radius 3 is 2.80 bits per heavy atom. The van der Waals surface area contributed by atoms with Crippen molar-refractivity contribution >= 4 is 11.6 Å². The van der Waals surface area contributed by atoms with Gasteiger partial charge < -0.3 is 10.4 Å². The smallest absolute Gasteiger partial charge is 0.138 e. The first-order chi connectivity index (χ1) is 7.27. The summed E-state index contributed by atoms with van der Waals surface area (Å²) in [4.78, 5) is 0. The van der Waals surface area contributed by atoms with Crippen LogP contribution in [0.15, 0.2) is 18.2 Å². The lowest BCUT2D eigenvalue weighted by Crippen LogP contribution is -2.25. The van der Waals surface area contributed by atoms with Crippen molar-refractivity contribution in [2.75, 3.05) is 0 Å². The minimum absolute atomic E-state index is 0.213. The average molecular weight is 226 g/mol. The lowest BCUT2D eigenvalue weighted by Gasteiger charge is -2.12. The highest BCUT2D eigenvalue weighted by Gasteiger charge is 2.14. The first-order valence-corrected chi connectivity index (χ1v) is 5.85. The molecular formula is C12H16ClNO. The van der Waals surface area contributed by atoms with Crippen molar-refractivity contribution in [2.45, 2.75) is 38.3 Å². The van der Waals surface area contributed by atoms with Crippen LogP contribution in [0.3, 0.4) is 0 Å². The van der Waals surface area contributed by atoms with E-state index in [-0.39, 0.29) is 5.75 Å². The van der Waals surface area contributed by atoms with Gasteiger partial charge in [-0.05, 0) is 18.9 Å². The lowest BCUT2D eigenvalue weighted by atomic mass is 10.1. The molecule has 2 rings (SSSR count). The summed E-state index contributed by atoms with van der Waals surface area (Å²) in [5.74, 6) is 0.213. The summed E-state index contributed by atoms with van der Waals surface area (Å²) in [6, 6.07) is 6.09. The third kappa shape index (κ3) is 2.64. The number of phenolic OH excluding ortho intramolecular Hbond substituents is 1. The van der Waals surface area contributed by atoms with Crippen molar-refractivity contribution < 1.29 is 5.11 Å². The number of benzene rings is 1. The number of hydrogen-bond acceptors (Lipinski definition) is 2. The van der Waals surface area contributed by atoms with Gasteiger partial charge in [-0.15, -0.1) is 0 Å². The summed E-state index contributed by atoms with van der Waals surface area (Å²) < 4.78 is 0.